The van der Waals surface area contributed by atoms with Gasteiger partial charge in [0.05, 0.1) is 0 Å². The summed E-state index contributed by atoms with van der Waals surface area (Å²) in [7, 11) is 0. The summed E-state index contributed by atoms with van der Waals surface area (Å²) in [5, 5.41) is 4.08. The molecule has 28 heavy (non-hydrogen) atoms. The zero-order valence-corrected chi connectivity index (χ0v) is 15.5. The first-order valence-corrected chi connectivity index (χ1v) is 9.52. The second kappa shape index (κ2) is 8.65. The lowest BCUT2D eigenvalue weighted by atomic mass is 10.1. The molecular weight excluding hydrogens is 356 g/mol. The number of para-hydroxylation sites is 1. The van der Waals surface area contributed by atoms with E-state index in [0.717, 1.165) is 31.2 Å². The molecule has 3 aromatic rings. The third kappa shape index (κ3) is 4.19. The van der Waals surface area contributed by atoms with Crippen molar-refractivity contribution in [2.75, 3.05) is 13.2 Å². The smallest absolute Gasteiger partial charge is 0.261 e. The minimum atomic E-state index is -0.229. The van der Waals surface area contributed by atoms with E-state index in [1.807, 2.05) is 47.4 Å². The van der Waals surface area contributed by atoms with Crippen LogP contribution in [0.4, 0.5) is 0 Å². The molecule has 1 unspecified atom stereocenters. The Morgan fingerprint density at radius 3 is 2.86 bits per heavy atom. The fourth-order valence-electron chi connectivity index (χ4n) is 3.39. The summed E-state index contributed by atoms with van der Waals surface area (Å²) >= 11 is 0. The predicted molar refractivity (Wildman–Crippen MR) is 102 cm³/mol. The normalized spacial score (nSPS) is 17.1. The van der Waals surface area contributed by atoms with Crippen molar-refractivity contribution in [2.45, 2.75) is 31.7 Å². The van der Waals surface area contributed by atoms with Crippen LogP contribution in [0.3, 0.4) is 0 Å². The Morgan fingerprint density at radius 1 is 1.14 bits per heavy atom. The van der Waals surface area contributed by atoms with Gasteiger partial charge >= 0.3 is 0 Å². The molecule has 1 atom stereocenters. The van der Waals surface area contributed by atoms with E-state index in [4.69, 9.17) is 9.26 Å². The van der Waals surface area contributed by atoms with E-state index in [1.54, 1.807) is 12.4 Å². The SMILES string of the molecule is O=C(COc1ccccc1)N1CCCCCC1c1nc(-c2cccnc2)no1. The van der Waals surface area contributed by atoms with Crippen molar-refractivity contribution in [3.05, 3.63) is 60.7 Å². The zero-order chi connectivity index (χ0) is 19.2. The summed E-state index contributed by atoms with van der Waals surface area (Å²) in [5.41, 5.74) is 0.788. The number of carbonyl (C=O) groups is 1. The highest BCUT2D eigenvalue weighted by Gasteiger charge is 2.31. The molecular formula is C21H22N4O3. The molecule has 0 saturated carbocycles. The first-order valence-electron chi connectivity index (χ1n) is 9.52. The largest absolute Gasteiger partial charge is 0.484 e. The third-order valence-corrected chi connectivity index (χ3v) is 4.83. The number of hydrogen-bond acceptors (Lipinski definition) is 6. The van der Waals surface area contributed by atoms with Gasteiger partial charge in [0.1, 0.15) is 11.8 Å². The maximum absolute atomic E-state index is 12.9. The highest BCUT2D eigenvalue weighted by atomic mass is 16.5. The Hall–Kier alpha value is -3.22. The molecule has 1 amide bonds. The van der Waals surface area contributed by atoms with Gasteiger partial charge in [-0.1, -0.05) is 36.2 Å². The molecule has 7 heteroatoms. The van der Waals surface area contributed by atoms with Gasteiger partial charge in [-0.15, -0.1) is 0 Å². The van der Waals surface area contributed by atoms with Crippen molar-refractivity contribution in [3.63, 3.8) is 0 Å². The fourth-order valence-corrected chi connectivity index (χ4v) is 3.39. The molecule has 4 rings (SSSR count). The molecule has 2 aromatic heterocycles. The van der Waals surface area contributed by atoms with Crippen molar-refractivity contribution in [1.82, 2.24) is 20.0 Å². The van der Waals surface area contributed by atoms with E-state index in [0.29, 0.717) is 24.0 Å². The average molecular weight is 378 g/mol. The quantitative estimate of drug-likeness (QED) is 0.674. The Kier molecular flexibility index (Phi) is 5.61. The lowest BCUT2D eigenvalue weighted by Crippen LogP contribution is -2.38. The van der Waals surface area contributed by atoms with Crippen molar-refractivity contribution < 1.29 is 14.1 Å². The van der Waals surface area contributed by atoms with E-state index >= 15 is 0 Å². The van der Waals surface area contributed by atoms with Crippen LogP contribution in [0.2, 0.25) is 0 Å². The lowest BCUT2D eigenvalue weighted by molar-refractivity contribution is -0.136. The van der Waals surface area contributed by atoms with Crippen molar-refractivity contribution in [3.8, 4) is 17.1 Å². The van der Waals surface area contributed by atoms with Crippen LogP contribution in [0.1, 0.15) is 37.6 Å². The van der Waals surface area contributed by atoms with Gasteiger partial charge in [-0.05, 0) is 37.1 Å². The van der Waals surface area contributed by atoms with Gasteiger partial charge in [0, 0.05) is 24.5 Å². The molecule has 0 aliphatic carbocycles. The Labute approximate surface area is 163 Å². The monoisotopic (exact) mass is 378 g/mol. The van der Waals surface area contributed by atoms with E-state index in [1.165, 1.54) is 0 Å². The topological polar surface area (TPSA) is 81.4 Å². The van der Waals surface area contributed by atoms with Crippen LogP contribution in [0.15, 0.2) is 59.4 Å². The molecule has 1 aliphatic heterocycles. The van der Waals surface area contributed by atoms with E-state index in [2.05, 4.69) is 15.1 Å². The first kappa shape index (κ1) is 18.2. The molecule has 0 bridgehead atoms. The summed E-state index contributed by atoms with van der Waals surface area (Å²) < 4.78 is 11.2. The number of likely N-dealkylation sites (tertiary alicyclic amines) is 1. The van der Waals surface area contributed by atoms with Gasteiger partial charge in [0.15, 0.2) is 6.61 Å². The van der Waals surface area contributed by atoms with Gasteiger partial charge in [0.25, 0.3) is 5.91 Å². The first-order chi connectivity index (χ1) is 13.8. The summed E-state index contributed by atoms with van der Waals surface area (Å²) in [6, 6.07) is 12.8. The van der Waals surface area contributed by atoms with Gasteiger partial charge in [-0.3, -0.25) is 9.78 Å². The number of rotatable bonds is 5. The number of ether oxygens (including phenoxy) is 1. The van der Waals surface area contributed by atoms with E-state index in [9.17, 15) is 4.79 Å². The summed E-state index contributed by atoms with van der Waals surface area (Å²) in [5.74, 6) is 1.56. The molecule has 1 aliphatic rings. The predicted octanol–water partition coefficient (Wildman–Crippen LogP) is 3.65. The summed E-state index contributed by atoms with van der Waals surface area (Å²) in [4.78, 5) is 23.3. The van der Waals surface area contributed by atoms with Crippen LogP contribution in [-0.2, 0) is 4.79 Å². The number of benzene rings is 1. The average Bonchev–Trinajstić information content (AvgIpc) is 3.11. The molecule has 0 radical (unpaired) electrons. The van der Waals surface area contributed by atoms with Gasteiger partial charge in [-0.2, -0.15) is 4.98 Å². The Morgan fingerprint density at radius 2 is 2.04 bits per heavy atom. The third-order valence-electron chi connectivity index (χ3n) is 4.83. The van der Waals surface area contributed by atoms with Gasteiger partial charge in [0.2, 0.25) is 11.7 Å². The molecule has 0 spiro atoms. The van der Waals surface area contributed by atoms with E-state index < -0.39 is 0 Å². The molecule has 1 fully saturated rings. The Balaban J connectivity index is 1.50. The molecule has 0 N–H and O–H groups in total. The zero-order valence-electron chi connectivity index (χ0n) is 15.5. The standard InChI is InChI=1S/C21H22N4O3/c26-19(15-27-17-9-3-1-4-10-17)25-13-6-2-5-11-18(25)21-23-20(24-28-21)16-8-7-12-22-14-16/h1,3-4,7-10,12,14,18H,2,5-6,11,13,15H2. The highest BCUT2D eigenvalue weighted by molar-refractivity contribution is 5.78. The second-order valence-corrected chi connectivity index (χ2v) is 6.75. The number of hydrogen-bond donors (Lipinski definition) is 0. The molecule has 3 heterocycles. The van der Waals surface area contributed by atoms with Crippen LogP contribution >= 0.6 is 0 Å². The van der Waals surface area contributed by atoms with Crippen LogP contribution in [0.5, 0.6) is 5.75 Å². The highest BCUT2D eigenvalue weighted by Crippen LogP contribution is 2.30. The summed E-state index contributed by atoms with van der Waals surface area (Å²) in [6.07, 6.45) is 7.23. The molecule has 144 valence electrons. The van der Waals surface area contributed by atoms with Crippen LogP contribution in [0, 0.1) is 0 Å². The number of aromatic nitrogens is 3. The number of amides is 1. The van der Waals surface area contributed by atoms with Crippen LogP contribution in [0.25, 0.3) is 11.4 Å². The number of carbonyl (C=O) groups excluding carboxylic acids is 1. The van der Waals surface area contributed by atoms with Crippen LogP contribution < -0.4 is 4.74 Å². The fraction of sp³-hybridized carbons (Fsp3) is 0.333. The molecule has 7 nitrogen and oxygen atoms in total. The summed E-state index contributed by atoms with van der Waals surface area (Å²) in [6.45, 7) is 0.649. The number of pyridine rings is 1. The minimum absolute atomic E-state index is 0.00981. The second-order valence-electron chi connectivity index (χ2n) is 6.75. The maximum atomic E-state index is 12.9. The van der Waals surface area contributed by atoms with Crippen molar-refractivity contribution >= 4 is 5.91 Å². The maximum Gasteiger partial charge on any atom is 0.261 e. The van der Waals surface area contributed by atoms with Crippen molar-refractivity contribution in [1.29, 1.82) is 0 Å². The van der Waals surface area contributed by atoms with E-state index in [-0.39, 0.29) is 18.6 Å². The van der Waals surface area contributed by atoms with Crippen LogP contribution in [-0.4, -0.2) is 39.1 Å². The number of nitrogens with zero attached hydrogens (tertiary/aromatic N) is 4. The lowest BCUT2D eigenvalue weighted by Gasteiger charge is -2.27. The van der Waals surface area contributed by atoms with Gasteiger partial charge < -0.3 is 14.2 Å². The minimum Gasteiger partial charge on any atom is -0.484 e. The molecule has 1 saturated heterocycles. The Bertz CT molecular complexity index is 898. The molecule has 1 aromatic carbocycles. The van der Waals surface area contributed by atoms with Gasteiger partial charge in [-0.25, -0.2) is 0 Å². The van der Waals surface area contributed by atoms with Crippen molar-refractivity contribution in [2.24, 2.45) is 0 Å².